The molecule has 0 fully saturated rings. The molecule has 0 saturated heterocycles. The van der Waals surface area contributed by atoms with Gasteiger partial charge in [0.05, 0.1) is 6.20 Å². The molecule has 0 aliphatic rings. The van der Waals surface area contributed by atoms with Gasteiger partial charge in [-0.05, 0) is 37.9 Å². The van der Waals surface area contributed by atoms with Crippen LogP contribution in [0, 0.1) is 5.82 Å². The number of nitrogens with one attached hydrogen (secondary N) is 1. The van der Waals surface area contributed by atoms with Crippen LogP contribution in [0.4, 0.5) is 4.39 Å². The Kier molecular flexibility index (Phi) is 6.88. The van der Waals surface area contributed by atoms with E-state index in [4.69, 9.17) is 0 Å². The van der Waals surface area contributed by atoms with Gasteiger partial charge in [-0.3, -0.25) is 4.98 Å². The Hall–Kier alpha value is -0.960. The molecule has 0 aliphatic heterocycles. The summed E-state index contributed by atoms with van der Waals surface area (Å²) >= 11 is 0. The normalized spacial score (nSPS) is 14.4. The van der Waals surface area contributed by atoms with Crippen LogP contribution < -0.4 is 5.32 Å². The molecule has 0 aromatic carbocycles. The quantitative estimate of drug-likeness (QED) is 0.759. The highest BCUT2D eigenvalue weighted by Crippen LogP contribution is 2.24. The van der Waals surface area contributed by atoms with Gasteiger partial charge in [0, 0.05) is 17.7 Å². The number of rotatable bonds is 8. The van der Waals surface area contributed by atoms with Crippen molar-refractivity contribution in [3.8, 4) is 0 Å². The lowest BCUT2D eigenvalue weighted by molar-refractivity contribution is 0.390. The predicted octanol–water partition coefficient (Wildman–Crippen LogP) is 3.88. The summed E-state index contributed by atoms with van der Waals surface area (Å²) in [6.45, 7) is 7.58. The van der Waals surface area contributed by atoms with Crippen LogP contribution in [0.3, 0.4) is 0 Å². The zero-order chi connectivity index (χ0) is 13.4. The van der Waals surface area contributed by atoms with E-state index in [1.807, 2.05) is 6.07 Å². The van der Waals surface area contributed by atoms with Crippen molar-refractivity contribution in [2.45, 2.75) is 58.4 Å². The Morgan fingerprint density at radius 2 is 2.00 bits per heavy atom. The maximum Gasteiger partial charge on any atom is 0.141 e. The third-order valence-electron chi connectivity index (χ3n) is 3.31. The SMILES string of the molecule is CCCNC(CCC)C(CC)c1ccc(F)cn1. The van der Waals surface area contributed by atoms with Gasteiger partial charge in [0.2, 0.25) is 0 Å². The molecule has 0 saturated carbocycles. The van der Waals surface area contributed by atoms with Crippen molar-refractivity contribution in [3.63, 3.8) is 0 Å². The lowest BCUT2D eigenvalue weighted by Crippen LogP contribution is -2.35. The first-order valence-electron chi connectivity index (χ1n) is 7.07. The first-order valence-corrected chi connectivity index (χ1v) is 7.07. The van der Waals surface area contributed by atoms with Crippen LogP contribution >= 0.6 is 0 Å². The van der Waals surface area contributed by atoms with Crippen LogP contribution in [0.1, 0.15) is 58.1 Å². The summed E-state index contributed by atoms with van der Waals surface area (Å²) in [5.74, 6) is 0.110. The van der Waals surface area contributed by atoms with E-state index in [0.29, 0.717) is 12.0 Å². The topological polar surface area (TPSA) is 24.9 Å². The molecule has 18 heavy (non-hydrogen) atoms. The third-order valence-corrected chi connectivity index (χ3v) is 3.31. The molecule has 2 unspecified atom stereocenters. The van der Waals surface area contributed by atoms with E-state index in [-0.39, 0.29) is 5.82 Å². The van der Waals surface area contributed by atoms with Crippen LogP contribution in [0.15, 0.2) is 18.3 Å². The number of hydrogen-bond acceptors (Lipinski definition) is 2. The summed E-state index contributed by atoms with van der Waals surface area (Å²) in [6.07, 6.45) is 5.77. The lowest BCUT2D eigenvalue weighted by atomic mass is 9.90. The summed E-state index contributed by atoms with van der Waals surface area (Å²) in [4.78, 5) is 4.25. The lowest BCUT2D eigenvalue weighted by Gasteiger charge is -2.26. The van der Waals surface area contributed by atoms with E-state index in [2.05, 4.69) is 31.1 Å². The van der Waals surface area contributed by atoms with Crippen LogP contribution in [-0.4, -0.2) is 17.6 Å². The highest BCUT2D eigenvalue weighted by Gasteiger charge is 2.21. The van der Waals surface area contributed by atoms with Crippen molar-refractivity contribution in [3.05, 3.63) is 29.8 Å². The molecule has 0 amide bonds. The average Bonchev–Trinajstić information content (AvgIpc) is 2.39. The van der Waals surface area contributed by atoms with E-state index in [1.165, 1.54) is 12.3 Å². The Morgan fingerprint density at radius 3 is 2.50 bits per heavy atom. The van der Waals surface area contributed by atoms with Crippen molar-refractivity contribution in [2.75, 3.05) is 6.54 Å². The molecule has 2 atom stereocenters. The Bertz CT molecular complexity index is 324. The van der Waals surface area contributed by atoms with Gasteiger partial charge in [0.15, 0.2) is 0 Å². The Labute approximate surface area is 110 Å². The molecule has 1 N–H and O–H groups in total. The largest absolute Gasteiger partial charge is 0.313 e. The van der Waals surface area contributed by atoms with Crippen molar-refractivity contribution >= 4 is 0 Å². The second-order valence-corrected chi connectivity index (χ2v) is 4.77. The van der Waals surface area contributed by atoms with E-state index in [9.17, 15) is 4.39 Å². The van der Waals surface area contributed by atoms with Crippen LogP contribution in [0.25, 0.3) is 0 Å². The number of pyridine rings is 1. The van der Waals surface area contributed by atoms with E-state index in [1.54, 1.807) is 0 Å². The highest BCUT2D eigenvalue weighted by atomic mass is 19.1. The molecule has 0 radical (unpaired) electrons. The summed E-state index contributed by atoms with van der Waals surface area (Å²) in [5.41, 5.74) is 1.00. The van der Waals surface area contributed by atoms with E-state index < -0.39 is 0 Å². The molecule has 0 aliphatic carbocycles. The van der Waals surface area contributed by atoms with Crippen molar-refractivity contribution in [1.29, 1.82) is 0 Å². The molecular formula is C15H25FN2. The predicted molar refractivity (Wildman–Crippen MR) is 74.2 cm³/mol. The minimum Gasteiger partial charge on any atom is -0.313 e. The number of halogens is 1. The van der Waals surface area contributed by atoms with E-state index >= 15 is 0 Å². The first kappa shape index (κ1) is 15.1. The highest BCUT2D eigenvalue weighted by molar-refractivity contribution is 5.13. The van der Waals surface area contributed by atoms with Crippen molar-refractivity contribution in [2.24, 2.45) is 0 Å². The zero-order valence-electron chi connectivity index (χ0n) is 11.7. The van der Waals surface area contributed by atoms with Crippen LogP contribution in [0.2, 0.25) is 0 Å². The smallest absolute Gasteiger partial charge is 0.141 e. The minimum atomic E-state index is -0.262. The minimum absolute atomic E-state index is 0.262. The summed E-state index contributed by atoms with van der Waals surface area (Å²) in [5, 5.41) is 3.60. The van der Waals surface area contributed by atoms with Gasteiger partial charge in [-0.2, -0.15) is 0 Å². The first-order chi connectivity index (χ1) is 8.72. The summed E-state index contributed by atoms with van der Waals surface area (Å²) in [6, 6.07) is 3.77. The van der Waals surface area contributed by atoms with Gasteiger partial charge in [-0.15, -0.1) is 0 Å². The summed E-state index contributed by atoms with van der Waals surface area (Å²) < 4.78 is 12.9. The average molecular weight is 252 g/mol. The maximum atomic E-state index is 12.9. The Balaban J connectivity index is 2.79. The molecule has 3 heteroatoms. The molecule has 0 spiro atoms. The van der Waals surface area contributed by atoms with Gasteiger partial charge >= 0.3 is 0 Å². The molecular weight excluding hydrogens is 227 g/mol. The fourth-order valence-corrected chi connectivity index (χ4v) is 2.39. The molecule has 2 nitrogen and oxygen atoms in total. The van der Waals surface area contributed by atoms with Crippen LogP contribution in [-0.2, 0) is 0 Å². The molecule has 102 valence electrons. The fraction of sp³-hybridized carbons (Fsp3) is 0.667. The van der Waals surface area contributed by atoms with Gasteiger partial charge < -0.3 is 5.32 Å². The molecule has 1 rings (SSSR count). The second kappa shape index (κ2) is 8.20. The van der Waals surface area contributed by atoms with Crippen molar-refractivity contribution in [1.82, 2.24) is 10.3 Å². The van der Waals surface area contributed by atoms with Crippen LogP contribution in [0.5, 0.6) is 0 Å². The zero-order valence-corrected chi connectivity index (χ0v) is 11.7. The monoisotopic (exact) mass is 252 g/mol. The standard InChI is InChI=1S/C15H25FN2/c1-4-7-14(17-10-5-2)13(6-3)15-9-8-12(16)11-18-15/h8-9,11,13-14,17H,4-7,10H2,1-3H3. The molecule has 1 aromatic rings. The van der Waals surface area contributed by atoms with Gasteiger partial charge in [-0.1, -0.05) is 27.2 Å². The van der Waals surface area contributed by atoms with Gasteiger partial charge in [0.25, 0.3) is 0 Å². The van der Waals surface area contributed by atoms with Gasteiger partial charge in [0.1, 0.15) is 5.82 Å². The molecule has 1 aromatic heterocycles. The third kappa shape index (κ3) is 4.37. The Morgan fingerprint density at radius 1 is 1.22 bits per heavy atom. The number of nitrogens with zero attached hydrogens (tertiary/aromatic N) is 1. The van der Waals surface area contributed by atoms with E-state index in [0.717, 1.165) is 37.9 Å². The fourth-order valence-electron chi connectivity index (χ4n) is 2.39. The molecule has 0 bridgehead atoms. The number of hydrogen-bond donors (Lipinski definition) is 1. The number of aromatic nitrogens is 1. The molecule has 1 heterocycles. The second-order valence-electron chi connectivity index (χ2n) is 4.77. The van der Waals surface area contributed by atoms with Crippen molar-refractivity contribution < 1.29 is 4.39 Å². The summed E-state index contributed by atoms with van der Waals surface area (Å²) in [7, 11) is 0. The maximum absolute atomic E-state index is 12.9. The van der Waals surface area contributed by atoms with Gasteiger partial charge in [-0.25, -0.2) is 4.39 Å².